The molecule has 0 bridgehead atoms. The van der Waals surface area contributed by atoms with E-state index in [1.165, 1.54) is 18.2 Å². The number of aromatic nitrogens is 1. The highest BCUT2D eigenvalue weighted by Crippen LogP contribution is 2.20. The van der Waals surface area contributed by atoms with Crippen LogP contribution in [0.25, 0.3) is 0 Å². The van der Waals surface area contributed by atoms with E-state index in [0.717, 1.165) is 25.5 Å². The molecule has 1 aliphatic rings. The Morgan fingerprint density at radius 3 is 2.92 bits per heavy atom. The number of ketones is 1. The van der Waals surface area contributed by atoms with Crippen LogP contribution in [0.5, 0.6) is 0 Å². The molecule has 1 atom stereocenters. The molecular weight excluding hydrogens is 332 g/mol. The SMILES string of the molecule is O=C(CCC1CCOC1)c1cc(COCc2ccc(F)cc2F)on1. The summed E-state index contributed by atoms with van der Waals surface area (Å²) in [5.74, 6) is -0.557. The third-order valence-electron chi connectivity index (χ3n) is 4.17. The van der Waals surface area contributed by atoms with Crippen molar-refractivity contribution in [2.45, 2.75) is 32.5 Å². The van der Waals surface area contributed by atoms with Crippen LogP contribution in [0.1, 0.15) is 41.1 Å². The Morgan fingerprint density at radius 1 is 1.28 bits per heavy atom. The lowest BCUT2D eigenvalue weighted by Gasteiger charge is -2.04. The summed E-state index contributed by atoms with van der Waals surface area (Å²) in [6.07, 6.45) is 2.17. The van der Waals surface area contributed by atoms with Gasteiger partial charge in [0.05, 0.1) is 6.61 Å². The maximum atomic E-state index is 13.5. The molecule has 1 aliphatic heterocycles. The predicted molar refractivity (Wildman–Crippen MR) is 83.8 cm³/mol. The van der Waals surface area contributed by atoms with E-state index in [-0.39, 0.29) is 30.3 Å². The van der Waals surface area contributed by atoms with Crippen LogP contribution in [-0.2, 0) is 22.7 Å². The second-order valence-corrected chi connectivity index (χ2v) is 6.10. The first-order chi connectivity index (χ1) is 12.1. The first-order valence-corrected chi connectivity index (χ1v) is 8.20. The van der Waals surface area contributed by atoms with Crippen molar-refractivity contribution in [3.05, 3.63) is 52.9 Å². The second kappa shape index (κ2) is 8.31. The van der Waals surface area contributed by atoms with Gasteiger partial charge in [-0.1, -0.05) is 11.2 Å². The van der Waals surface area contributed by atoms with E-state index in [1.54, 1.807) is 0 Å². The number of hydrogen-bond acceptors (Lipinski definition) is 5. The molecule has 1 saturated heterocycles. The fourth-order valence-electron chi connectivity index (χ4n) is 2.69. The molecule has 0 spiro atoms. The topological polar surface area (TPSA) is 61.6 Å². The summed E-state index contributed by atoms with van der Waals surface area (Å²) in [5, 5.41) is 3.76. The number of ether oxygens (including phenoxy) is 2. The minimum Gasteiger partial charge on any atom is -0.381 e. The normalized spacial score (nSPS) is 17.1. The molecule has 0 aliphatic carbocycles. The first-order valence-electron chi connectivity index (χ1n) is 8.20. The van der Waals surface area contributed by atoms with E-state index in [0.29, 0.717) is 24.7 Å². The number of hydrogen-bond donors (Lipinski definition) is 0. The Bertz CT molecular complexity index is 726. The van der Waals surface area contributed by atoms with Crippen molar-refractivity contribution in [3.8, 4) is 0 Å². The maximum absolute atomic E-state index is 13.5. The summed E-state index contributed by atoms with van der Waals surface area (Å²) in [6.45, 7) is 1.50. The zero-order valence-corrected chi connectivity index (χ0v) is 13.7. The Kier molecular flexibility index (Phi) is 5.88. The lowest BCUT2D eigenvalue weighted by Crippen LogP contribution is -2.05. The van der Waals surface area contributed by atoms with E-state index in [9.17, 15) is 13.6 Å². The van der Waals surface area contributed by atoms with E-state index < -0.39 is 11.6 Å². The minimum absolute atomic E-state index is 0.0300. The molecule has 1 aromatic heterocycles. The zero-order valence-electron chi connectivity index (χ0n) is 13.7. The van der Waals surface area contributed by atoms with Gasteiger partial charge in [-0.05, 0) is 24.8 Å². The molecule has 25 heavy (non-hydrogen) atoms. The summed E-state index contributed by atoms with van der Waals surface area (Å²) in [7, 11) is 0. The van der Waals surface area contributed by atoms with Crippen LogP contribution in [0.2, 0.25) is 0 Å². The molecule has 1 aromatic carbocycles. The first kappa shape index (κ1) is 17.7. The average molecular weight is 351 g/mol. The molecule has 0 amide bonds. The van der Waals surface area contributed by atoms with Gasteiger partial charge >= 0.3 is 0 Å². The molecule has 0 radical (unpaired) electrons. The van der Waals surface area contributed by atoms with Crippen LogP contribution in [0.15, 0.2) is 28.8 Å². The Labute approximate surface area is 143 Å². The molecule has 2 heterocycles. The molecular formula is C18H19F2NO4. The van der Waals surface area contributed by atoms with E-state index >= 15 is 0 Å². The van der Waals surface area contributed by atoms with Crippen molar-refractivity contribution in [2.24, 2.45) is 5.92 Å². The van der Waals surface area contributed by atoms with E-state index in [1.807, 2.05) is 0 Å². The van der Waals surface area contributed by atoms with Gasteiger partial charge in [-0.3, -0.25) is 4.79 Å². The highest BCUT2D eigenvalue weighted by atomic mass is 19.1. The number of halogens is 2. The van der Waals surface area contributed by atoms with Gasteiger partial charge in [-0.25, -0.2) is 8.78 Å². The standard InChI is InChI=1S/C18H19F2NO4/c19-14-3-2-13(16(20)7-14)10-24-11-15-8-17(21-25-15)18(22)4-1-12-5-6-23-9-12/h2-3,7-8,12H,1,4-6,9-11H2. The van der Waals surface area contributed by atoms with Gasteiger partial charge in [-0.2, -0.15) is 0 Å². The summed E-state index contributed by atoms with van der Waals surface area (Å²) in [4.78, 5) is 12.1. The molecule has 2 aromatic rings. The molecule has 1 unspecified atom stereocenters. The molecule has 134 valence electrons. The predicted octanol–water partition coefficient (Wildman–Crippen LogP) is 3.67. The summed E-state index contributed by atoms with van der Waals surface area (Å²) in [5.41, 5.74) is 0.515. The third kappa shape index (κ3) is 4.93. The minimum atomic E-state index is -0.663. The van der Waals surface area contributed by atoms with Crippen molar-refractivity contribution in [3.63, 3.8) is 0 Å². The van der Waals surface area contributed by atoms with Crippen LogP contribution in [0, 0.1) is 17.6 Å². The van der Waals surface area contributed by atoms with Gasteiger partial charge < -0.3 is 14.0 Å². The van der Waals surface area contributed by atoms with Gasteiger partial charge in [0.1, 0.15) is 23.9 Å². The van der Waals surface area contributed by atoms with Gasteiger partial charge in [-0.15, -0.1) is 0 Å². The largest absolute Gasteiger partial charge is 0.381 e. The monoisotopic (exact) mass is 351 g/mol. The lowest BCUT2D eigenvalue weighted by atomic mass is 10.00. The fraction of sp³-hybridized carbons (Fsp3) is 0.444. The molecule has 3 rings (SSSR count). The number of carbonyl (C=O) groups excluding carboxylic acids is 1. The molecule has 1 fully saturated rings. The van der Waals surface area contributed by atoms with Crippen LogP contribution in [-0.4, -0.2) is 24.2 Å². The maximum Gasteiger partial charge on any atom is 0.184 e. The van der Waals surface area contributed by atoms with Crippen molar-refractivity contribution >= 4 is 5.78 Å². The Hall–Kier alpha value is -2.12. The molecule has 5 nitrogen and oxygen atoms in total. The zero-order chi connectivity index (χ0) is 17.6. The van der Waals surface area contributed by atoms with Crippen molar-refractivity contribution < 1.29 is 27.6 Å². The number of nitrogens with zero attached hydrogens (tertiary/aromatic N) is 1. The summed E-state index contributed by atoms with van der Waals surface area (Å²) in [6, 6.07) is 4.84. The van der Waals surface area contributed by atoms with Gasteiger partial charge in [0.15, 0.2) is 11.5 Å². The third-order valence-corrected chi connectivity index (χ3v) is 4.17. The average Bonchev–Trinajstić information content (AvgIpc) is 3.26. The Balaban J connectivity index is 1.45. The number of carbonyl (C=O) groups is 1. The van der Waals surface area contributed by atoms with Crippen LogP contribution in [0.4, 0.5) is 8.78 Å². The van der Waals surface area contributed by atoms with Crippen LogP contribution < -0.4 is 0 Å². The number of benzene rings is 1. The Morgan fingerprint density at radius 2 is 2.16 bits per heavy atom. The highest BCUT2D eigenvalue weighted by Gasteiger charge is 2.19. The molecule has 0 saturated carbocycles. The van der Waals surface area contributed by atoms with Gasteiger partial charge in [0, 0.05) is 37.3 Å². The number of rotatable bonds is 8. The van der Waals surface area contributed by atoms with Crippen molar-refractivity contribution in [1.82, 2.24) is 5.16 Å². The smallest absolute Gasteiger partial charge is 0.184 e. The fourth-order valence-corrected chi connectivity index (χ4v) is 2.69. The highest BCUT2D eigenvalue weighted by molar-refractivity contribution is 5.94. The molecule has 7 heteroatoms. The van der Waals surface area contributed by atoms with Gasteiger partial charge in [0.25, 0.3) is 0 Å². The van der Waals surface area contributed by atoms with Crippen LogP contribution in [0.3, 0.4) is 0 Å². The second-order valence-electron chi connectivity index (χ2n) is 6.10. The quantitative estimate of drug-likeness (QED) is 0.679. The van der Waals surface area contributed by atoms with E-state index in [2.05, 4.69) is 5.16 Å². The lowest BCUT2D eigenvalue weighted by molar-refractivity contribution is 0.0859. The van der Waals surface area contributed by atoms with Crippen molar-refractivity contribution in [2.75, 3.05) is 13.2 Å². The number of Topliss-reactive ketones (excluding diaryl/α,β-unsaturated/α-hetero) is 1. The van der Waals surface area contributed by atoms with Crippen LogP contribution >= 0.6 is 0 Å². The van der Waals surface area contributed by atoms with E-state index in [4.69, 9.17) is 14.0 Å². The van der Waals surface area contributed by atoms with Crippen molar-refractivity contribution in [1.29, 1.82) is 0 Å². The van der Waals surface area contributed by atoms with Gasteiger partial charge in [0.2, 0.25) is 0 Å². The molecule has 0 N–H and O–H groups in total. The summed E-state index contributed by atoms with van der Waals surface area (Å²) >= 11 is 0. The summed E-state index contributed by atoms with van der Waals surface area (Å²) < 4.78 is 42.0.